The third-order valence-electron chi connectivity index (χ3n) is 8.78. The van der Waals surface area contributed by atoms with Gasteiger partial charge in [0.25, 0.3) is 0 Å². The molecule has 2 N–H and O–H groups in total. The van der Waals surface area contributed by atoms with Gasteiger partial charge in [-0.25, -0.2) is 0 Å². The van der Waals surface area contributed by atoms with Crippen molar-refractivity contribution in [2.24, 2.45) is 0 Å². The van der Waals surface area contributed by atoms with Gasteiger partial charge in [-0.3, -0.25) is 0 Å². The fourth-order valence-corrected chi connectivity index (χ4v) is 7.12. The Bertz CT molecular complexity index is 2350. The van der Waals surface area contributed by atoms with E-state index in [0.717, 1.165) is 11.4 Å². The van der Waals surface area contributed by atoms with Crippen molar-refractivity contribution < 1.29 is 0 Å². The Morgan fingerprint density at radius 1 is 0.316 bits per heavy atom. The van der Waals surface area contributed by atoms with Crippen molar-refractivity contribution in [1.29, 1.82) is 0 Å². The van der Waals surface area contributed by atoms with Crippen LogP contribution in [0.4, 0.5) is 0 Å². The number of rotatable bonds is 1. The van der Waals surface area contributed by atoms with Crippen molar-refractivity contribution in [2.75, 3.05) is 0 Å². The minimum absolute atomic E-state index is 1.12. The molecule has 0 saturated carbocycles. The van der Waals surface area contributed by atoms with Crippen LogP contribution in [0.25, 0.3) is 97.8 Å². The van der Waals surface area contributed by atoms with E-state index in [9.17, 15) is 0 Å². The van der Waals surface area contributed by atoms with Crippen LogP contribution in [-0.2, 0) is 0 Å². The molecule has 0 atom stereocenters. The summed E-state index contributed by atoms with van der Waals surface area (Å²) >= 11 is 0. The molecule has 2 heteroatoms. The molecule has 0 amide bonds. The number of aromatic amines is 2. The number of aromatic nitrogens is 2. The van der Waals surface area contributed by atoms with E-state index in [2.05, 4.69) is 119 Å². The number of H-pyrrole nitrogens is 2. The maximum absolute atomic E-state index is 3.75. The molecule has 0 saturated heterocycles. The molecule has 10 rings (SSSR count). The number of nitrogens with one attached hydrogen (secondary N) is 2. The van der Waals surface area contributed by atoms with Crippen LogP contribution in [0.15, 0.2) is 109 Å². The Balaban J connectivity index is 1.27. The molecule has 0 aliphatic rings. The van der Waals surface area contributed by atoms with Gasteiger partial charge in [-0.2, -0.15) is 0 Å². The molecule has 0 fully saturated rings. The lowest BCUT2D eigenvalue weighted by Gasteiger charge is -2.11. The van der Waals surface area contributed by atoms with E-state index in [-0.39, 0.29) is 0 Å². The molecular weight excluding hydrogens is 460 g/mol. The summed E-state index contributed by atoms with van der Waals surface area (Å²) in [5.41, 5.74) is 4.58. The van der Waals surface area contributed by atoms with Crippen LogP contribution in [0.3, 0.4) is 0 Å². The normalized spacial score (nSPS) is 12.7. The van der Waals surface area contributed by atoms with Crippen molar-refractivity contribution >= 4 is 86.4 Å². The second kappa shape index (κ2) is 6.42. The summed E-state index contributed by atoms with van der Waals surface area (Å²) in [6.07, 6.45) is 0. The van der Waals surface area contributed by atoms with Crippen molar-refractivity contribution in [2.45, 2.75) is 0 Å². The monoisotopic (exact) mass is 480 g/mol. The molecule has 8 aromatic carbocycles. The topological polar surface area (TPSA) is 31.6 Å². The Kier molecular flexibility index (Phi) is 3.23. The second-order valence-electron chi connectivity index (χ2n) is 10.8. The molecule has 0 spiro atoms. The Labute approximate surface area is 216 Å². The minimum atomic E-state index is 1.12. The average molecular weight is 481 g/mol. The third kappa shape index (κ3) is 2.25. The summed E-state index contributed by atoms with van der Waals surface area (Å²) in [6.45, 7) is 0. The predicted molar refractivity (Wildman–Crippen MR) is 163 cm³/mol. The number of fused-ring (bicyclic) bond motifs is 4. The van der Waals surface area contributed by atoms with Crippen LogP contribution in [0.1, 0.15) is 0 Å². The Morgan fingerprint density at radius 3 is 1.16 bits per heavy atom. The van der Waals surface area contributed by atoms with Gasteiger partial charge < -0.3 is 9.97 Å². The molecule has 2 nitrogen and oxygen atoms in total. The molecule has 10 aromatic rings. The maximum atomic E-state index is 3.75. The first-order chi connectivity index (χ1) is 18.8. The summed E-state index contributed by atoms with van der Waals surface area (Å²) in [5.74, 6) is 0. The highest BCUT2D eigenvalue weighted by Gasteiger charge is 2.16. The quantitative estimate of drug-likeness (QED) is 0.219. The first-order valence-electron chi connectivity index (χ1n) is 13.2. The van der Waals surface area contributed by atoms with Crippen molar-refractivity contribution in [3.63, 3.8) is 0 Å². The van der Waals surface area contributed by atoms with E-state index in [1.807, 2.05) is 0 Å². The van der Waals surface area contributed by atoms with E-state index in [0.29, 0.717) is 0 Å². The zero-order chi connectivity index (χ0) is 24.5. The van der Waals surface area contributed by atoms with Gasteiger partial charge in [-0.15, -0.1) is 0 Å². The van der Waals surface area contributed by atoms with Crippen molar-refractivity contribution in [3.8, 4) is 11.4 Å². The lowest BCUT2D eigenvalue weighted by atomic mass is 9.92. The van der Waals surface area contributed by atoms with E-state index in [4.69, 9.17) is 0 Å². The van der Waals surface area contributed by atoms with Crippen LogP contribution >= 0.6 is 0 Å². The maximum Gasteiger partial charge on any atom is 0.0630 e. The van der Waals surface area contributed by atoms with Gasteiger partial charge in [0, 0.05) is 21.8 Å². The molecule has 2 aromatic heterocycles. The highest BCUT2D eigenvalue weighted by Crippen LogP contribution is 2.42. The molecule has 0 radical (unpaired) electrons. The van der Waals surface area contributed by atoms with Crippen LogP contribution in [-0.4, -0.2) is 9.97 Å². The van der Waals surface area contributed by atoms with Gasteiger partial charge in [0.2, 0.25) is 0 Å². The lowest BCUT2D eigenvalue weighted by molar-refractivity contribution is 1.38. The zero-order valence-corrected chi connectivity index (χ0v) is 20.4. The van der Waals surface area contributed by atoms with Gasteiger partial charge in [0.15, 0.2) is 0 Å². The smallest absolute Gasteiger partial charge is 0.0630 e. The molecule has 0 bridgehead atoms. The third-order valence-corrected chi connectivity index (χ3v) is 8.78. The number of benzene rings is 8. The van der Waals surface area contributed by atoms with Crippen molar-refractivity contribution in [1.82, 2.24) is 9.97 Å². The largest absolute Gasteiger partial charge is 0.353 e. The first kappa shape index (κ1) is 19.1. The molecular formula is C36H20N2. The summed E-state index contributed by atoms with van der Waals surface area (Å²) in [4.78, 5) is 7.49. The Morgan fingerprint density at radius 2 is 0.711 bits per heavy atom. The zero-order valence-electron chi connectivity index (χ0n) is 20.4. The summed E-state index contributed by atoms with van der Waals surface area (Å²) in [6, 6.07) is 40.6. The highest BCUT2D eigenvalue weighted by atomic mass is 14.8. The molecule has 0 aliphatic carbocycles. The summed E-state index contributed by atoms with van der Waals surface area (Å²) < 4.78 is 0. The number of hydrogen-bond acceptors (Lipinski definition) is 0. The van der Waals surface area contributed by atoms with Gasteiger partial charge in [0.1, 0.15) is 0 Å². The average Bonchev–Trinajstić information content (AvgIpc) is 3.58. The highest BCUT2D eigenvalue weighted by molar-refractivity contribution is 6.30. The van der Waals surface area contributed by atoms with Crippen molar-refractivity contribution in [3.05, 3.63) is 109 Å². The molecule has 0 aliphatic heterocycles. The molecule has 2 heterocycles. The molecule has 174 valence electrons. The Hall–Kier alpha value is -5.08. The van der Waals surface area contributed by atoms with E-state index in [1.165, 1.54) is 86.4 Å². The summed E-state index contributed by atoms with van der Waals surface area (Å²) in [7, 11) is 0. The number of hydrogen-bond donors (Lipinski definition) is 2. The van der Waals surface area contributed by atoms with Gasteiger partial charge in [-0.1, -0.05) is 84.9 Å². The van der Waals surface area contributed by atoms with Crippen LogP contribution in [0, 0.1) is 0 Å². The van der Waals surface area contributed by atoms with E-state index < -0.39 is 0 Å². The fraction of sp³-hybridized carbons (Fsp3) is 0. The van der Waals surface area contributed by atoms with Gasteiger partial charge in [-0.05, 0) is 88.9 Å². The van der Waals surface area contributed by atoms with Gasteiger partial charge in [0.05, 0.1) is 11.4 Å². The fourth-order valence-electron chi connectivity index (χ4n) is 7.12. The van der Waals surface area contributed by atoms with E-state index in [1.54, 1.807) is 0 Å². The standard InChI is InChI=1S/C36H20N2/c1-3-19-7-9-23-15-29-27(25-13-11-21(5-1)33(19)35(23)25)17-31(37-29)32-18-28-26-14-12-22-6-2-4-20-8-10-24(16-30(28)38-32)36(26)34(20)22/h1-18,37-38H. The second-order valence-corrected chi connectivity index (χ2v) is 10.8. The summed E-state index contributed by atoms with van der Waals surface area (Å²) in [5, 5.41) is 18.4. The molecule has 38 heavy (non-hydrogen) atoms. The minimum Gasteiger partial charge on any atom is -0.353 e. The first-order valence-corrected chi connectivity index (χ1v) is 13.2. The van der Waals surface area contributed by atoms with Crippen LogP contribution < -0.4 is 0 Å². The van der Waals surface area contributed by atoms with Gasteiger partial charge >= 0.3 is 0 Å². The lowest BCUT2D eigenvalue weighted by Crippen LogP contribution is -1.84. The molecule has 0 unspecified atom stereocenters. The predicted octanol–water partition coefficient (Wildman–Crippen LogP) is 10.1. The SMILES string of the molecule is c1cc2ccc3cc4[nH]c(-c5cc6c(cc7ccc8cccc9ccc6c7c89)[nH]5)cc4c4ccc(c1)c2c34. The van der Waals surface area contributed by atoms with Crippen LogP contribution in [0.5, 0.6) is 0 Å². The van der Waals surface area contributed by atoms with Crippen LogP contribution in [0.2, 0.25) is 0 Å². The van der Waals surface area contributed by atoms with E-state index >= 15 is 0 Å².